The Hall–Kier alpha value is -5.73. The van der Waals surface area contributed by atoms with Gasteiger partial charge in [-0.15, -0.1) is 0 Å². The third-order valence-corrected chi connectivity index (χ3v) is 10.8. The Labute approximate surface area is 325 Å². The number of amides is 4. The number of hydrogen-bond donors (Lipinski definition) is 4. The number of imidazole rings is 2. The van der Waals surface area contributed by atoms with Gasteiger partial charge in [0.2, 0.25) is 11.8 Å². The second-order valence-electron chi connectivity index (χ2n) is 15.1. The standard InChI is InChI=1S/C41H51FN8O6/c1-23(2)35(47-40(53)55-5)39(52)49-19-9-12-34(49)37-44-21-32(46-37)26-15-13-25(14-16-26)28-18-17-27(20-31(28)42)33-22-43-36(45-33)29-10-7-8-11-30(29)38(51)50(24(3)4)48-41(54)56-6/h13-18,20-24,29-30,34-35H,7-12,19H2,1-6H3,(H,43,45)(H,44,46)(H,47,53)(H,48,54)/t29-,30-,34-,35-/m0/s1. The molecule has 2 aliphatic rings. The number of methoxy groups -OCH3 is 2. The molecule has 0 spiro atoms. The molecule has 4 atom stereocenters. The monoisotopic (exact) mass is 770 g/mol. The van der Waals surface area contributed by atoms with Gasteiger partial charge in [-0.3, -0.25) is 9.59 Å². The van der Waals surface area contributed by atoms with Crippen LogP contribution in [0.3, 0.4) is 0 Å². The van der Waals surface area contributed by atoms with Gasteiger partial charge in [-0.2, -0.15) is 0 Å². The van der Waals surface area contributed by atoms with Gasteiger partial charge >= 0.3 is 12.2 Å². The van der Waals surface area contributed by atoms with E-state index < -0.39 is 30.0 Å². The van der Waals surface area contributed by atoms with Crippen molar-refractivity contribution in [2.24, 2.45) is 11.8 Å². The number of nitrogens with zero attached hydrogens (tertiary/aromatic N) is 4. The minimum Gasteiger partial charge on any atom is -0.453 e. The second kappa shape index (κ2) is 17.4. The Kier molecular flexibility index (Phi) is 12.4. The second-order valence-corrected chi connectivity index (χ2v) is 15.1. The van der Waals surface area contributed by atoms with Crippen LogP contribution < -0.4 is 10.7 Å². The predicted octanol–water partition coefficient (Wildman–Crippen LogP) is 7.10. The van der Waals surface area contributed by atoms with Crippen molar-refractivity contribution >= 4 is 24.0 Å². The fourth-order valence-corrected chi connectivity index (χ4v) is 7.78. The minimum absolute atomic E-state index is 0.132. The number of likely N-dealkylation sites (tertiary alicyclic amines) is 1. The molecule has 1 aliphatic heterocycles. The maximum atomic E-state index is 15.7. The van der Waals surface area contributed by atoms with Gasteiger partial charge in [0.1, 0.15) is 23.5 Å². The normalized spacial score (nSPS) is 18.8. The van der Waals surface area contributed by atoms with E-state index in [2.05, 4.69) is 30.7 Å². The SMILES string of the molecule is COC(=O)N[C@H](C(=O)N1CCC[C@H]1c1ncc(-c2ccc(-c3ccc(-c4cnc([C@H]5CCCC[C@@H]5C(=O)N(NC(=O)OC)C(C)C)[nH]4)cc3F)cc2)[nH]1)C(C)C. The van der Waals surface area contributed by atoms with Crippen molar-refractivity contribution < 1.29 is 33.0 Å². The van der Waals surface area contributed by atoms with Crippen LogP contribution in [0.2, 0.25) is 0 Å². The molecule has 3 heterocycles. The van der Waals surface area contributed by atoms with Crippen LogP contribution in [0, 0.1) is 17.7 Å². The first-order valence-electron chi connectivity index (χ1n) is 19.2. The van der Waals surface area contributed by atoms with Crippen LogP contribution in [0.1, 0.15) is 89.8 Å². The highest BCUT2D eigenvalue weighted by molar-refractivity contribution is 5.86. The highest BCUT2D eigenvalue weighted by Gasteiger charge is 2.39. The number of hydrazine groups is 1. The highest BCUT2D eigenvalue weighted by atomic mass is 19.1. The van der Waals surface area contributed by atoms with Crippen molar-refractivity contribution in [3.63, 3.8) is 0 Å². The van der Waals surface area contributed by atoms with Gasteiger partial charge in [-0.1, -0.05) is 63.1 Å². The number of carbonyl (C=O) groups excluding carboxylic acids is 4. The lowest BCUT2D eigenvalue weighted by Crippen LogP contribution is -2.53. The maximum Gasteiger partial charge on any atom is 0.425 e. The molecule has 14 nitrogen and oxygen atoms in total. The molecule has 4 N–H and O–H groups in total. The molecule has 1 aliphatic carbocycles. The quantitative estimate of drug-likeness (QED) is 0.124. The molecular formula is C41H51FN8O6. The Morgan fingerprint density at radius 2 is 1.45 bits per heavy atom. The Bertz CT molecular complexity index is 2030. The van der Waals surface area contributed by atoms with Crippen LogP contribution in [0.15, 0.2) is 54.9 Å². The molecule has 2 aromatic heterocycles. The van der Waals surface area contributed by atoms with Crippen molar-refractivity contribution in [3.8, 4) is 33.6 Å². The molecule has 4 aromatic rings. The summed E-state index contributed by atoms with van der Waals surface area (Å²) in [6.45, 7) is 7.97. The highest BCUT2D eigenvalue weighted by Crippen LogP contribution is 2.39. The summed E-state index contributed by atoms with van der Waals surface area (Å²) in [7, 11) is 2.53. The average Bonchev–Trinajstić information content (AvgIpc) is 4.00. The molecule has 6 rings (SSSR count). The van der Waals surface area contributed by atoms with Gasteiger partial charge in [0.05, 0.1) is 44.0 Å². The van der Waals surface area contributed by atoms with Crippen molar-refractivity contribution in [1.82, 2.24) is 40.6 Å². The lowest BCUT2D eigenvalue weighted by atomic mass is 9.78. The van der Waals surface area contributed by atoms with E-state index in [1.165, 1.54) is 25.3 Å². The molecule has 1 saturated carbocycles. The lowest BCUT2D eigenvalue weighted by Gasteiger charge is -2.35. The third kappa shape index (κ3) is 8.56. The van der Waals surface area contributed by atoms with Gasteiger partial charge in [0, 0.05) is 35.5 Å². The van der Waals surface area contributed by atoms with Crippen LogP contribution in [0.5, 0.6) is 0 Å². The van der Waals surface area contributed by atoms with Crippen LogP contribution in [-0.4, -0.2) is 86.7 Å². The molecule has 0 unspecified atom stereocenters. The summed E-state index contributed by atoms with van der Waals surface area (Å²) >= 11 is 0. The summed E-state index contributed by atoms with van der Waals surface area (Å²) in [5.41, 5.74) is 6.58. The number of ether oxygens (including phenoxy) is 2. The number of aromatic nitrogens is 4. The molecule has 2 fully saturated rings. The Morgan fingerprint density at radius 3 is 2.11 bits per heavy atom. The van der Waals surface area contributed by atoms with Crippen LogP contribution in [0.25, 0.3) is 33.6 Å². The van der Waals surface area contributed by atoms with Crippen LogP contribution >= 0.6 is 0 Å². The van der Waals surface area contributed by atoms with Gasteiger partial charge in [0.15, 0.2) is 0 Å². The number of aromatic amines is 2. The predicted molar refractivity (Wildman–Crippen MR) is 207 cm³/mol. The van der Waals surface area contributed by atoms with Gasteiger partial charge in [-0.25, -0.2) is 34.4 Å². The van der Waals surface area contributed by atoms with E-state index in [0.29, 0.717) is 47.0 Å². The van der Waals surface area contributed by atoms with Crippen LogP contribution in [0.4, 0.5) is 14.0 Å². The number of benzene rings is 2. The summed E-state index contributed by atoms with van der Waals surface area (Å²) in [6, 6.07) is 11.3. The number of alkyl carbamates (subject to hydrolysis) is 1. The van der Waals surface area contributed by atoms with Crippen LogP contribution in [-0.2, 0) is 19.1 Å². The molecule has 2 aromatic carbocycles. The van der Waals surface area contributed by atoms with E-state index in [1.54, 1.807) is 23.4 Å². The van der Waals surface area contributed by atoms with E-state index >= 15 is 4.39 Å². The molecule has 56 heavy (non-hydrogen) atoms. The zero-order valence-electron chi connectivity index (χ0n) is 32.7. The minimum atomic E-state index is -0.719. The Balaban J connectivity index is 1.14. The first-order chi connectivity index (χ1) is 26.9. The lowest BCUT2D eigenvalue weighted by molar-refractivity contribution is -0.142. The van der Waals surface area contributed by atoms with Gasteiger partial charge < -0.3 is 29.7 Å². The molecule has 4 amide bonds. The largest absolute Gasteiger partial charge is 0.453 e. The van der Waals surface area contributed by atoms with Crippen molar-refractivity contribution in [3.05, 3.63) is 72.3 Å². The third-order valence-electron chi connectivity index (χ3n) is 10.8. The molecule has 1 saturated heterocycles. The first-order valence-corrected chi connectivity index (χ1v) is 19.2. The van der Waals surface area contributed by atoms with Crippen molar-refractivity contribution in [2.45, 2.75) is 90.3 Å². The summed E-state index contributed by atoms with van der Waals surface area (Å²) < 4.78 is 25.2. The molecule has 15 heteroatoms. The number of hydrogen-bond acceptors (Lipinski definition) is 8. The zero-order valence-corrected chi connectivity index (χ0v) is 32.7. The number of rotatable bonds is 10. The van der Waals surface area contributed by atoms with Gasteiger partial charge in [-0.05, 0) is 62.6 Å². The summed E-state index contributed by atoms with van der Waals surface area (Å²) in [4.78, 5) is 68.9. The fraction of sp³-hybridized carbons (Fsp3) is 0.463. The summed E-state index contributed by atoms with van der Waals surface area (Å²) in [5.74, 6) is -0.152. The topological polar surface area (TPSA) is 175 Å². The number of halogens is 1. The number of nitrogens with one attached hydrogen (secondary N) is 4. The number of carbonyl (C=O) groups is 4. The van der Waals surface area contributed by atoms with E-state index in [1.807, 2.05) is 58.0 Å². The smallest absolute Gasteiger partial charge is 0.425 e. The zero-order chi connectivity index (χ0) is 40.1. The van der Waals surface area contributed by atoms with Gasteiger partial charge in [0.25, 0.3) is 0 Å². The molecule has 298 valence electrons. The van der Waals surface area contributed by atoms with E-state index in [0.717, 1.165) is 43.4 Å². The maximum absolute atomic E-state index is 15.7. The van der Waals surface area contributed by atoms with Crippen molar-refractivity contribution in [1.29, 1.82) is 0 Å². The molecular weight excluding hydrogens is 719 g/mol. The van der Waals surface area contributed by atoms with Crippen molar-refractivity contribution in [2.75, 3.05) is 20.8 Å². The summed E-state index contributed by atoms with van der Waals surface area (Å²) in [5, 5.41) is 4.00. The first kappa shape index (κ1) is 39.9. The average molecular weight is 771 g/mol. The number of H-pyrrole nitrogens is 2. The van der Waals surface area contributed by atoms with E-state index in [4.69, 9.17) is 9.47 Å². The molecule has 0 bridgehead atoms. The Morgan fingerprint density at radius 1 is 0.821 bits per heavy atom. The van der Waals surface area contributed by atoms with E-state index in [9.17, 15) is 19.2 Å². The molecule has 0 radical (unpaired) electrons. The van der Waals surface area contributed by atoms with E-state index in [-0.39, 0.29) is 35.7 Å². The fourth-order valence-electron chi connectivity index (χ4n) is 7.78. The summed E-state index contributed by atoms with van der Waals surface area (Å²) in [6.07, 6.45) is 6.85.